The van der Waals surface area contributed by atoms with E-state index in [-0.39, 0.29) is 5.97 Å². The zero-order chi connectivity index (χ0) is 8.81. The second-order valence-corrected chi connectivity index (χ2v) is 3.13. The van der Waals surface area contributed by atoms with E-state index in [4.69, 9.17) is 4.74 Å². The van der Waals surface area contributed by atoms with Gasteiger partial charge < -0.3 is 9.47 Å². The minimum atomic E-state index is -0.0994. The average Bonchev–Trinajstić information content (AvgIpc) is 2.87. The normalized spacial score (nSPS) is 20.6. The second kappa shape index (κ2) is 5.14. The fourth-order valence-electron chi connectivity index (χ4n) is 1.15. The van der Waals surface area contributed by atoms with Gasteiger partial charge >= 0.3 is 5.97 Å². The van der Waals surface area contributed by atoms with Crippen molar-refractivity contribution in [1.29, 1.82) is 0 Å². The largest absolute Gasteiger partial charge is 0.469 e. The molecule has 0 aliphatic carbocycles. The summed E-state index contributed by atoms with van der Waals surface area (Å²) < 4.78 is 9.59. The average molecular weight is 172 g/mol. The predicted molar refractivity (Wildman–Crippen MR) is 44.8 cm³/mol. The maximum absolute atomic E-state index is 10.7. The summed E-state index contributed by atoms with van der Waals surface area (Å²) in [6.45, 7) is 0.941. The number of unbranched alkanes of at least 4 members (excludes halogenated alkanes) is 2. The van der Waals surface area contributed by atoms with E-state index in [0.717, 1.165) is 25.9 Å². The maximum Gasteiger partial charge on any atom is 0.305 e. The first-order chi connectivity index (χ1) is 5.83. The highest BCUT2D eigenvalue weighted by Crippen LogP contribution is 2.17. The lowest BCUT2D eigenvalue weighted by Gasteiger charge is -1.98. The summed E-state index contributed by atoms with van der Waals surface area (Å²) in [5.74, 6) is -0.0994. The van der Waals surface area contributed by atoms with E-state index in [0.29, 0.717) is 12.5 Å². The number of hydrogen-bond acceptors (Lipinski definition) is 3. The first kappa shape index (κ1) is 9.52. The minimum Gasteiger partial charge on any atom is -0.469 e. The fourth-order valence-corrected chi connectivity index (χ4v) is 1.15. The molecule has 3 nitrogen and oxygen atoms in total. The Hall–Kier alpha value is -0.570. The van der Waals surface area contributed by atoms with Crippen molar-refractivity contribution in [3.05, 3.63) is 0 Å². The standard InChI is InChI=1S/C9H16O3/c1-11-9(10)6-4-2-3-5-8-7-12-8/h8H,2-7H2,1H3. The zero-order valence-electron chi connectivity index (χ0n) is 7.54. The summed E-state index contributed by atoms with van der Waals surface area (Å²) in [6, 6.07) is 0. The van der Waals surface area contributed by atoms with Crippen LogP contribution in [0.4, 0.5) is 0 Å². The van der Waals surface area contributed by atoms with E-state index in [1.54, 1.807) is 0 Å². The van der Waals surface area contributed by atoms with Crippen LogP contribution in [0.1, 0.15) is 32.1 Å². The predicted octanol–water partition coefficient (Wildman–Crippen LogP) is 1.51. The molecule has 1 aliphatic rings. The number of ether oxygens (including phenoxy) is 2. The molecular weight excluding hydrogens is 156 g/mol. The molecule has 1 heterocycles. The van der Waals surface area contributed by atoms with Crippen LogP contribution < -0.4 is 0 Å². The highest BCUT2D eigenvalue weighted by atomic mass is 16.6. The van der Waals surface area contributed by atoms with Crippen molar-refractivity contribution >= 4 is 5.97 Å². The van der Waals surface area contributed by atoms with Gasteiger partial charge in [-0.25, -0.2) is 0 Å². The minimum absolute atomic E-state index is 0.0994. The molecule has 0 aromatic carbocycles. The summed E-state index contributed by atoms with van der Waals surface area (Å²) in [5, 5.41) is 0. The van der Waals surface area contributed by atoms with Crippen LogP contribution in [0.3, 0.4) is 0 Å². The number of hydrogen-bond donors (Lipinski definition) is 0. The molecule has 0 amide bonds. The van der Waals surface area contributed by atoms with Gasteiger partial charge in [0.15, 0.2) is 0 Å². The third-order valence-electron chi connectivity index (χ3n) is 2.04. The SMILES string of the molecule is COC(=O)CCCCCC1CO1. The summed E-state index contributed by atoms with van der Waals surface area (Å²) >= 11 is 0. The highest BCUT2D eigenvalue weighted by molar-refractivity contribution is 5.68. The van der Waals surface area contributed by atoms with Crippen LogP contribution in [-0.4, -0.2) is 25.8 Å². The Kier molecular flexibility index (Phi) is 4.08. The molecule has 1 unspecified atom stereocenters. The molecule has 1 atom stereocenters. The number of carbonyl (C=O) groups excluding carboxylic acids is 1. The third kappa shape index (κ3) is 4.34. The van der Waals surface area contributed by atoms with Crippen molar-refractivity contribution in [2.45, 2.75) is 38.2 Å². The lowest BCUT2D eigenvalue weighted by molar-refractivity contribution is -0.140. The Morgan fingerprint density at radius 3 is 2.83 bits per heavy atom. The molecule has 70 valence electrons. The smallest absolute Gasteiger partial charge is 0.305 e. The number of methoxy groups -OCH3 is 1. The Balaban J connectivity index is 1.78. The summed E-state index contributed by atoms with van der Waals surface area (Å²) in [4.78, 5) is 10.7. The van der Waals surface area contributed by atoms with Crippen molar-refractivity contribution in [2.24, 2.45) is 0 Å². The van der Waals surface area contributed by atoms with E-state index in [2.05, 4.69) is 4.74 Å². The van der Waals surface area contributed by atoms with Crippen molar-refractivity contribution in [3.8, 4) is 0 Å². The monoisotopic (exact) mass is 172 g/mol. The fraction of sp³-hybridized carbons (Fsp3) is 0.889. The Morgan fingerprint density at radius 2 is 2.25 bits per heavy atom. The van der Waals surface area contributed by atoms with Gasteiger partial charge in [0, 0.05) is 6.42 Å². The van der Waals surface area contributed by atoms with Gasteiger partial charge in [-0.1, -0.05) is 12.8 Å². The van der Waals surface area contributed by atoms with E-state index < -0.39 is 0 Å². The molecule has 1 saturated heterocycles. The molecule has 0 aromatic rings. The number of rotatable bonds is 6. The molecular formula is C9H16O3. The molecule has 1 fully saturated rings. The summed E-state index contributed by atoms with van der Waals surface area (Å²) in [5.41, 5.74) is 0. The van der Waals surface area contributed by atoms with Crippen molar-refractivity contribution < 1.29 is 14.3 Å². The van der Waals surface area contributed by atoms with Crippen LogP contribution in [-0.2, 0) is 14.3 Å². The summed E-state index contributed by atoms with van der Waals surface area (Å²) in [7, 11) is 1.43. The lowest BCUT2D eigenvalue weighted by atomic mass is 10.1. The molecule has 12 heavy (non-hydrogen) atoms. The lowest BCUT2D eigenvalue weighted by Crippen LogP contribution is -1.99. The van der Waals surface area contributed by atoms with E-state index in [1.807, 2.05) is 0 Å². The van der Waals surface area contributed by atoms with Gasteiger partial charge in [-0.15, -0.1) is 0 Å². The van der Waals surface area contributed by atoms with Crippen molar-refractivity contribution in [2.75, 3.05) is 13.7 Å². The molecule has 0 radical (unpaired) electrons. The van der Waals surface area contributed by atoms with Gasteiger partial charge in [-0.2, -0.15) is 0 Å². The number of epoxide rings is 1. The Bertz CT molecular complexity index is 141. The van der Waals surface area contributed by atoms with Crippen LogP contribution in [0, 0.1) is 0 Å². The first-order valence-corrected chi connectivity index (χ1v) is 4.51. The quantitative estimate of drug-likeness (QED) is 0.346. The molecule has 1 rings (SSSR count). The van der Waals surface area contributed by atoms with Gasteiger partial charge in [0.05, 0.1) is 19.8 Å². The molecule has 0 saturated carbocycles. The molecule has 0 aromatic heterocycles. The molecule has 0 N–H and O–H groups in total. The van der Waals surface area contributed by atoms with Gasteiger partial charge in [0.25, 0.3) is 0 Å². The van der Waals surface area contributed by atoms with Crippen LogP contribution in [0.15, 0.2) is 0 Å². The highest BCUT2D eigenvalue weighted by Gasteiger charge is 2.20. The van der Waals surface area contributed by atoms with Gasteiger partial charge in [-0.3, -0.25) is 4.79 Å². The van der Waals surface area contributed by atoms with Gasteiger partial charge in [0.1, 0.15) is 0 Å². The Labute approximate surface area is 73.0 Å². The zero-order valence-corrected chi connectivity index (χ0v) is 7.54. The topological polar surface area (TPSA) is 38.8 Å². The number of carbonyl (C=O) groups is 1. The van der Waals surface area contributed by atoms with E-state index in [1.165, 1.54) is 13.5 Å². The molecule has 0 spiro atoms. The van der Waals surface area contributed by atoms with Crippen LogP contribution in [0.25, 0.3) is 0 Å². The number of esters is 1. The van der Waals surface area contributed by atoms with Crippen LogP contribution in [0.5, 0.6) is 0 Å². The molecule has 0 bridgehead atoms. The van der Waals surface area contributed by atoms with Gasteiger partial charge in [-0.05, 0) is 12.8 Å². The van der Waals surface area contributed by atoms with Crippen molar-refractivity contribution in [1.82, 2.24) is 0 Å². The molecule has 1 aliphatic heterocycles. The van der Waals surface area contributed by atoms with Crippen molar-refractivity contribution in [3.63, 3.8) is 0 Å². The van der Waals surface area contributed by atoms with E-state index in [9.17, 15) is 4.79 Å². The third-order valence-corrected chi connectivity index (χ3v) is 2.04. The maximum atomic E-state index is 10.7. The Morgan fingerprint density at radius 1 is 1.50 bits per heavy atom. The van der Waals surface area contributed by atoms with Crippen LogP contribution in [0.2, 0.25) is 0 Å². The first-order valence-electron chi connectivity index (χ1n) is 4.51. The van der Waals surface area contributed by atoms with Gasteiger partial charge in [0.2, 0.25) is 0 Å². The second-order valence-electron chi connectivity index (χ2n) is 3.13. The van der Waals surface area contributed by atoms with Crippen LogP contribution >= 0.6 is 0 Å². The summed E-state index contributed by atoms with van der Waals surface area (Å²) in [6.07, 6.45) is 5.46. The van der Waals surface area contributed by atoms with E-state index >= 15 is 0 Å². The molecule has 3 heteroatoms.